The summed E-state index contributed by atoms with van der Waals surface area (Å²) in [5.74, 6) is 1.11. The van der Waals surface area contributed by atoms with Crippen LogP contribution in [0.15, 0.2) is 76.7 Å². The second-order valence-electron chi connectivity index (χ2n) is 7.80. The Kier molecular flexibility index (Phi) is 4.96. The Hall–Kier alpha value is -3.49. The zero-order valence-electron chi connectivity index (χ0n) is 17.4. The molecule has 8 heteroatoms. The molecule has 3 aliphatic rings. The van der Waals surface area contributed by atoms with Crippen LogP contribution in [0.2, 0.25) is 0 Å². The topological polar surface area (TPSA) is 63.5 Å². The van der Waals surface area contributed by atoms with Gasteiger partial charge in [0.15, 0.2) is 18.0 Å². The van der Waals surface area contributed by atoms with Crippen LogP contribution in [-0.2, 0) is 21.9 Å². The molecule has 164 valence electrons. The van der Waals surface area contributed by atoms with Gasteiger partial charge in [0, 0.05) is 22.4 Å². The first-order valence-corrected chi connectivity index (χ1v) is 11.5. The average Bonchev–Trinajstić information content (AvgIpc) is 3.20. The second kappa shape index (κ2) is 8.13. The Labute approximate surface area is 193 Å². The number of thioether (sulfide) groups is 1. The number of hydrogen-bond acceptors (Lipinski definition) is 6. The zero-order valence-corrected chi connectivity index (χ0v) is 18.2. The van der Waals surface area contributed by atoms with E-state index in [1.54, 1.807) is 4.90 Å². The summed E-state index contributed by atoms with van der Waals surface area (Å²) in [5.41, 5.74) is 3.78. The molecule has 0 saturated carbocycles. The normalized spacial score (nSPS) is 18.6. The van der Waals surface area contributed by atoms with Crippen LogP contribution >= 0.6 is 11.8 Å². The third-order valence-electron chi connectivity index (χ3n) is 5.69. The van der Waals surface area contributed by atoms with Crippen LogP contribution in [-0.4, -0.2) is 28.6 Å². The molecule has 1 atom stereocenters. The summed E-state index contributed by atoms with van der Waals surface area (Å²) in [6, 6.07) is 19.4. The summed E-state index contributed by atoms with van der Waals surface area (Å²) in [6.45, 7) is 0.435. The molecule has 0 radical (unpaired) electrons. The molecule has 33 heavy (non-hydrogen) atoms. The SMILES string of the molecule is O=C1[C@@H](c2ccccc2)N=C2c3ccccc3N=C(SCc3cc(F)cc4c3OCOC4)N12. The molecular weight excluding hydrogens is 441 g/mol. The molecule has 0 bridgehead atoms. The minimum Gasteiger partial charge on any atom is -0.467 e. The summed E-state index contributed by atoms with van der Waals surface area (Å²) in [4.78, 5) is 24.6. The van der Waals surface area contributed by atoms with Gasteiger partial charge in [-0.05, 0) is 29.8 Å². The summed E-state index contributed by atoms with van der Waals surface area (Å²) >= 11 is 1.36. The molecule has 0 fully saturated rings. The number of amides is 1. The molecule has 1 amide bonds. The zero-order chi connectivity index (χ0) is 22.4. The summed E-state index contributed by atoms with van der Waals surface area (Å²) in [5, 5.41) is 0.515. The van der Waals surface area contributed by atoms with E-state index in [0.29, 0.717) is 40.2 Å². The smallest absolute Gasteiger partial charge is 0.263 e. The van der Waals surface area contributed by atoms with Gasteiger partial charge in [0.1, 0.15) is 17.4 Å². The van der Waals surface area contributed by atoms with Crippen molar-refractivity contribution in [2.24, 2.45) is 9.98 Å². The minimum absolute atomic E-state index is 0.130. The molecule has 0 N–H and O–H groups in total. The third kappa shape index (κ3) is 3.51. The van der Waals surface area contributed by atoms with Gasteiger partial charge in [0.2, 0.25) is 0 Å². The number of ether oxygens (including phenoxy) is 2. The molecule has 0 aromatic heterocycles. The number of rotatable bonds is 3. The number of carbonyl (C=O) groups excluding carboxylic acids is 1. The van der Waals surface area contributed by atoms with Gasteiger partial charge >= 0.3 is 0 Å². The Bertz CT molecular complexity index is 1330. The Morgan fingerprint density at radius 2 is 1.91 bits per heavy atom. The standard InChI is InChI=1S/C25H18FN3O3S/c26-18-10-16-12-31-14-32-22(16)17(11-18)13-33-25-27-20-9-5-4-8-19(20)23-28-21(24(30)29(23)25)15-6-2-1-3-7-15/h1-11,21H,12-14H2/t21-/m1/s1. The highest BCUT2D eigenvalue weighted by atomic mass is 32.2. The fourth-order valence-corrected chi connectivity index (χ4v) is 5.17. The molecule has 6 rings (SSSR count). The van der Waals surface area contributed by atoms with E-state index in [1.165, 1.54) is 23.9 Å². The van der Waals surface area contributed by atoms with Gasteiger partial charge in [-0.3, -0.25) is 4.79 Å². The van der Waals surface area contributed by atoms with E-state index >= 15 is 0 Å². The minimum atomic E-state index is -0.624. The van der Waals surface area contributed by atoms with Crippen LogP contribution in [0.1, 0.15) is 28.3 Å². The number of nitrogens with zero attached hydrogens (tertiary/aromatic N) is 3. The number of aliphatic imine (C=N–C) groups is 2. The van der Waals surface area contributed by atoms with E-state index in [2.05, 4.69) is 0 Å². The van der Waals surface area contributed by atoms with E-state index in [-0.39, 0.29) is 18.5 Å². The third-order valence-corrected chi connectivity index (χ3v) is 6.68. The maximum Gasteiger partial charge on any atom is 0.263 e. The highest BCUT2D eigenvalue weighted by Gasteiger charge is 2.42. The van der Waals surface area contributed by atoms with Gasteiger partial charge in [-0.15, -0.1) is 0 Å². The van der Waals surface area contributed by atoms with Crippen molar-refractivity contribution in [2.75, 3.05) is 6.79 Å². The Morgan fingerprint density at radius 1 is 1.09 bits per heavy atom. The monoisotopic (exact) mass is 459 g/mol. The fourth-order valence-electron chi connectivity index (χ4n) is 4.21. The van der Waals surface area contributed by atoms with Crippen molar-refractivity contribution in [1.82, 2.24) is 4.90 Å². The van der Waals surface area contributed by atoms with Crippen molar-refractivity contribution in [3.63, 3.8) is 0 Å². The quantitative estimate of drug-likeness (QED) is 0.556. The fraction of sp³-hybridized carbons (Fsp3) is 0.160. The molecule has 0 aliphatic carbocycles. The van der Waals surface area contributed by atoms with Gasteiger partial charge in [-0.2, -0.15) is 0 Å². The van der Waals surface area contributed by atoms with Gasteiger partial charge in [0.25, 0.3) is 5.91 Å². The lowest BCUT2D eigenvalue weighted by atomic mass is 10.1. The van der Waals surface area contributed by atoms with Gasteiger partial charge < -0.3 is 9.47 Å². The van der Waals surface area contributed by atoms with Gasteiger partial charge in [-0.1, -0.05) is 54.2 Å². The number of carbonyl (C=O) groups is 1. The number of amidine groups is 2. The van der Waals surface area contributed by atoms with Crippen LogP contribution in [0.4, 0.5) is 10.1 Å². The van der Waals surface area contributed by atoms with E-state index in [9.17, 15) is 9.18 Å². The van der Waals surface area contributed by atoms with Crippen molar-refractivity contribution < 1.29 is 18.7 Å². The van der Waals surface area contributed by atoms with E-state index in [0.717, 1.165) is 16.8 Å². The largest absolute Gasteiger partial charge is 0.467 e. The number of fused-ring (bicyclic) bond motifs is 4. The van der Waals surface area contributed by atoms with Crippen molar-refractivity contribution in [2.45, 2.75) is 18.4 Å². The molecule has 3 aliphatic heterocycles. The molecule has 0 unspecified atom stereocenters. The van der Waals surface area contributed by atoms with Crippen LogP contribution < -0.4 is 4.74 Å². The summed E-state index contributed by atoms with van der Waals surface area (Å²) in [7, 11) is 0. The highest BCUT2D eigenvalue weighted by Crippen LogP contribution is 2.39. The van der Waals surface area contributed by atoms with Crippen LogP contribution in [0.25, 0.3) is 0 Å². The first-order valence-electron chi connectivity index (χ1n) is 10.5. The number of para-hydroxylation sites is 1. The number of hydrogen-bond donors (Lipinski definition) is 0. The van der Waals surface area contributed by atoms with Crippen LogP contribution in [0.5, 0.6) is 5.75 Å². The first kappa shape index (κ1) is 20.1. The number of halogens is 1. The molecule has 6 nitrogen and oxygen atoms in total. The van der Waals surface area contributed by atoms with E-state index in [4.69, 9.17) is 19.5 Å². The lowest BCUT2D eigenvalue weighted by Gasteiger charge is -2.26. The lowest BCUT2D eigenvalue weighted by molar-refractivity contribution is -0.124. The van der Waals surface area contributed by atoms with Crippen LogP contribution in [0, 0.1) is 5.82 Å². The van der Waals surface area contributed by atoms with E-state index < -0.39 is 6.04 Å². The Balaban J connectivity index is 1.36. The van der Waals surface area contributed by atoms with E-state index in [1.807, 2.05) is 54.6 Å². The first-order chi connectivity index (χ1) is 16.2. The average molecular weight is 460 g/mol. The lowest BCUT2D eigenvalue weighted by Crippen LogP contribution is -2.39. The van der Waals surface area contributed by atoms with Gasteiger partial charge in [-0.25, -0.2) is 19.3 Å². The van der Waals surface area contributed by atoms with Crippen LogP contribution in [0.3, 0.4) is 0 Å². The van der Waals surface area contributed by atoms with Crippen molar-refractivity contribution in [3.8, 4) is 5.75 Å². The summed E-state index contributed by atoms with van der Waals surface area (Å²) in [6.07, 6.45) is 0. The second-order valence-corrected chi connectivity index (χ2v) is 8.75. The number of benzene rings is 3. The molecular formula is C25H18FN3O3S. The van der Waals surface area contributed by atoms with Crippen molar-refractivity contribution >= 4 is 34.4 Å². The molecule has 0 saturated heterocycles. The predicted molar refractivity (Wildman–Crippen MR) is 124 cm³/mol. The summed E-state index contributed by atoms with van der Waals surface area (Å²) < 4.78 is 25.1. The molecule has 3 heterocycles. The maximum absolute atomic E-state index is 14.2. The van der Waals surface area contributed by atoms with Crippen molar-refractivity contribution in [1.29, 1.82) is 0 Å². The van der Waals surface area contributed by atoms with Gasteiger partial charge in [0.05, 0.1) is 12.3 Å². The molecule has 3 aromatic carbocycles. The molecule has 0 spiro atoms. The predicted octanol–water partition coefficient (Wildman–Crippen LogP) is 4.96. The van der Waals surface area contributed by atoms with Crippen molar-refractivity contribution in [3.05, 3.63) is 94.8 Å². The highest BCUT2D eigenvalue weighted by molar-refractivity contribution is 8.13. The Morgan fingerprint density at radius 3 is 2.79 bits per heavy atom. The maximum atomic E-state index is 14.2. The molecule has 3 aromatic rings.